The summed E-state index contributed by atoms with van der Waals surface area (Å²) in [5, 5.41) is 24.3. The Balaban J connectivity index is 0.000000656. The maximum absolute atomic E-state index is 9.33. The molecule has 0 spiro atoms. The van der Waals surface area contributed by atoms with Crippen LogP contribution in [0, 0.1) is 84.1 Å². The van der Waals surface area contributed by atoms with Crippen molar-refractivity contribution in [2.45, 2.75) is 109 Å². The Morgan fingerprint density at radius 2 is 0.712 bits per heavy atom. The summed E-state index contributed by atoms with van der Waals surface area (Å²) in [4.78, 5) is 0. The minimum absolute atomic E-state index is 0. The Hall–Kier alpha value is -3.20. The van der Waals surface area contributed by atoms with E-state index in [1.807, 2.05) is 65.8 Å². The molecule has 2 N–H and O–H groups in total. The number of aromatic hydroxyl groups is 2. The Morgan fingerprint density at radius 3 is 0.962 bits per heavy atom. The summed E-state index contributed by atoms with van der Waals surface area (Å²) in [7, 11) is 0. The first kappa shape index (κ1) is 48.8. The van der Waals surface area contributed by atoms with Crippen molar-refractivity contribution in [3.05, 3.63) is 154 Å². The van der Waals surface area contributed by atoms with Gasteiger partial charge >= 0.3 is 30.2 Å². The van der Waals surface area contributed by atoms with E-state index in [2.05, 4.69) is 111 Å². The van der Waals surface area contributed by atoms with Gasteiger partial charge in [0.1, 0.15) is 11.5 Å². The van der Waals surface area contributed by atoms with Crippen molar-refractivity contribution >= 4 is 28.4 Å². The molecule has 2 nitrogen and oxygen atoms in total. The average molecular weight is 792 g/mol. The normalized spacial score (nSPS) is 10.1. The minimum atomic E-state index is 0. The molecule has 0 aromatic heterocycles. The third-order valence-corrected chi connectivity index (χ3v) is 9.00. The van der Waals surface area contributed by atoms with Gasteiger partial charge in [0.25, 0.3) is 0 Å². The van der Waals surface area contributed by atoms with Gasteiger partial charge in [0.05, 0.1) is 0 Å². The molecule has 2 radical (unpaired) electrons. The second-order valence-electron chi connectivity index (χ2n) is 14.6. The van der Waals surface area contributed by atoms with E-state index >= 15 is 0 Å². The molecule has 280 valence electrons. The molecule has 52 heavy (non-hydrogen) atoms. The standard InChI is InChI=1S/2C14H17.2C9H12O.2CH3.Si.Zr/c2*1-9(2)12-7-11(4)14-6-10(3)5-13(14)8-12;2*1-6-4-7(2)9(10)8(3)5-6;;;;/h2*5-9H,1-4H3;2*4-5,10H,1-3H3;2*1H3;;/q2*-1;;;2*-1;;. The van der Waals surface area contributed by atoms with E-state index < -0.39 is 0 Å². The van der Waals surface area contributed by atoms with Crippen molar-refractivity contribution < 1.29 is 33.5 Å². The number of phenolic OH excluding ortho intramolecular Hbond substituents is 2. The molecular weight excluding hydrogens is 728 g/mol. The molecule has 0 heterocycles. The molecule has 0 aliphatic rings. The summed E-state index contributed by atoms with van der Waals surface area (Å²) >= 11 is 1.36. The Kier molecular flexibility index (Phi) is 20.8. The average Bonchev–Trinajstić information content (AvgIpc) is 3.62. The second kappa shape index (κ2) is 22.1. The van der Waals surface area contributed by atoms with E-state index in [0.29, 0.717) is 23.3 Å². The molecule has 6 rings (SSSR count). The zero-order chi connectivity index (χ0) is 38.0. The first-order valence-electron chi connectivity index (χ1n) is 17.5. The molecule has 0 amide bonds. The summed E-state index contributed by atoms with van der Waals surface area (Å²) in [5.74, 6) is 2.08. The second-order valence-corrected chi connectivity index (χ2v) is 14.6. The van der Waals surface area contributed by atoms with Gasteiger partial charge in [-0.05, 0) is 89.5 Å². The molecule has 0 saturated heterocycles. The van der Waals surface area contributed by atoms with Crippen LogP contribution >= 0.6 is 0 Å². The molecule has 6 aromatic rings. The van der Waals surface area contributed by atoms with Crippen LogP contribution in [0.2, 0.25) is 0 Å². The topological polar surface area (TPSA) is 40.5 Å². The molecule has 0 bridgehead atoms. The van der Waals surface area contributed by atoms with Gasteiger partial charge < -0.3 is 25.1 Å². The van der Waals surface area contributed by atoms with Crippen LogP contribution in [0.4, 0.5) is 0 Å². The SMILES string of the molecule is Cc1cc(C)c(O)c(C)c1.Cc1cc(C)c(O)c(C)c1.Cc1cc2c(C)cc(C(C)C)cc2[cH-]1.Cc1cc2c(C)cc(C(C)C)cc2[cH-]1.[CH3-].[CH3-].[Si]=[Zr]. The molecule has 0 saturated carbocycles. The number of hydrogen-bond donors (Lipinski definition) is 2. The van der Waals surface area contributed by atoms with Crippen LogP contribution in [0.1, 0.15) is 106 Å². The van der Waals surface area contributed by atoms with Crippen LogP contribution in [-0.4, -0.2) is 17.1 Å². The number of phenols is 2. The van der Waals surface area contributed by atoms with Crippen molar-refractivity contribution in [2.75, 3.05) is 0 Å². The van der Waals surface area contributed by atoms with E-state index in [9.17, 15) is 10.2 Å². The number of benzene rings is 4. The van der Waals surface area contributed by atoms with Crippen LogP contribution in [0.3, 0.4) is 0 Å². The van der Waals surface area contributed by atoms with Crippen molar-refractivity contribution in [3.63, 3.8) is 0 Å². The van der Waals surface area contributed by atoms with Gasteiger partial charge in [-0.3, -0.25) is 0 Å². The van der Waals surface area contributed by atoms with E-state index in [0.717, 1.165) is 22.3 Å². The molecule has 0 aliphatic heterocycles. The monoisotopic (exact) mass is 790 g/mol. The Labute approximate surface area is 334 Å². The summed E-state index contributed by atoms with van der Waals surface area (Å²) in [6.45, 7) is 32.5. The third kappa shape index (κ3) is 13.7. The van der Waals surface area contributed by atoms with Gasteiger partial charge in [-0.25, -0.2) is 0 Å². The van der Waals surface area contributed by atoms with Gasteiger partial charge in [0.15, 0.2) is 0 Å². The predicted molar refractivity (Wildman–Crippen MR) is 229 cm³/mol. The quantitative estimate of drug-likeness (QED) is 0.135. The van der Waals surface area contributed by atoms with Crippen molar-refractivity contribution in [1.29, 1.82) is 0 Å². The first-order valence-corrected chi connectivity index (χ1v) is 21.7. The van der Waals surface area contributed by atoms with Gasteiger partial charge in [-0.15, -0.1) is 56.9 Å². The van der Waals surface area contributed by atoms with Crippen molar-refractivity contribution in [3.8, 4) is 11.5 Å². The first-order chi connectivity index (χ1) is 23.4. The van der Waals surface area contributed by atoms with E-state index in [1.165, 1.54) is 89.4 Å². The van der Waals surface area contributed by atoms with Crippen molar-refractivity contribution in [1.82, 2.24) is 0 Å². The van der Waals surface area contributed by atoms with E-state index in [-0.39, 0.29) is 14.9 Å². The van der Waals surface area contributed by atoms with Gasteiger partial charge in [-0.2, -0.15) is 12.1 Å². The number of fused-ring (bicyclic) bond motifs is 2. The number of rotatable bonds is 2. The fourth-order valence-corrected chi connectivity index (χ4v) is 6.38. The maximum atomic E-state index is 9.33. The predicted octanol–water partition coefficient (Wildman–Crippen LogP) is 13.8. The molecule has 4 heteroatoms. The fraction of sp³-hybridized carbons (Fsp3) is 0.333. The van der Waals surface area contributed by atoms with Gasteiger partial charge in [-0.1, -0.05) is 111 Å². The molecule has 0 fully saturated rings. The summed E-state index contributed by atoms with van der Waals surface area (Å²) in [5.41, 5.74) is 14.7. The molecular formula is C48H64O2SiZr-4. The fourth-order valence-electron chi connectivity index (χ4n) is 6.38. The molecule has 0 aliphatic carbocycles. The van der Waals surface area contributed by atoms with Gasteiger partial charge in [0.2, 0.25) is 0 Å². The van der Waals surface area contributed by atoms with Crippen LogP contribution < -0.4 is 0 Å². The third-order valence-electron chi connectivity index (χ3n) is 9.00. The van der Waals surface area contributed by atoms with Crippen molar-refractivity contribution in [2.24, 2.45) is 0 Å². The summed E-state index contributed by atoms with van der Waals surface area (Å²) < 4.78 is 0. The Morgan fingerprint density at radius 1 is 0.442 bits per heavy atom. The van der Waals surface area contributed by atoms with Gasteiger partial charge in [0, 0.05) is 0 Å². The summed E-state index contributed by atoms with van der Waals surface area (Å²) in [6, 6.07) is 26.3. The Bertz CT molecular complexity index is 1830. The van der Waals surface area contributed by atoms with Crippen LogP contribution in [0.25, 0.3) is 21.5 Å². The summed E-state index contributed by atoms with van der Waals surface area (Å²) in [6.07, 6.45) is 0. The molecule has 0 unspecified atom stereocenters. The van der Waals surface area contributed by atoms with Crippen LogP contribution in [0.15, 0.2) is 72.8 Å². The van der Waals surface area contributed by atoms with Crippen LogP contribution in [0.5, 0.6) is 11.5 Å². The number of aryl methyl sites for hydroxylation is 10. The van der Waals surface area contributed by atoms with Crippen LogP contribution in [-0.2, 0) is 23.3 Å². The van der Waals surface area contributed by atoms with E-state index in [4.69, 9.17) is 0 Å². The molecule has 6 aromatic carbocycles. The zero-order valence-corrected chi connectivity index (χ0v) is 38.4. The zero-order valence-electron chi connectivity index (χ0n) is 35.0. The number of hydrogen-bond acceptors (Lipinski definition) is 2. The molecule has 0 atom stereocenters. The van der Waals surface area contributed by atoms with E-state index in [1.54, 1.807) is 0 Å².